The smallest absolute Gasteiger partial charge is 0.249 e. The van der Waals surface area contributed by atoms with E-state index in [0.29, 0.717) is 0 Å². The molecule has 2 fully saturated rings. The first-order valence-corrected chi connectivity index (χ1v) is 8.07. The molecule has 0 spiro atoms. The van der Waals surface area contributed by atoms with Gasteiger partial charge in [0.25, 0.3) is 0 Å². The van der Waals surface area contributed by atoms with Crippen LogP contribution in [0, 0.1) is 11.7 Å². The summed E-state index contributed by atoms with van der Waals surface area (Å²) in [6.45, 7) is 2.37. The van der Waals surface area contributed by atoms with Gasteiger partial charge >= 0.3 is 0 Å². The van der Waals surface area contributed by atoms with Crippen LogP contribution in [0.5, 0.6) is 0 Å². The first-order valence-electron chi connectivity index (χ1n) is 8.07. The van der Waals surface area contributed by atoms with Gasteiger partial charge in [0.2, 0.25) is 5.91 Å². The van der Waals surface area contributed by atoms with E-state index in [0.717, 1.165) is 50.9 Å². The lowest BCUT2D eigenvalue weighted by Crippen LogP contribution is -2.44. The second-order valence-corrected chi connectivity index (χ2v) is 6.47. The molecule has 1 aliphatic carbocycles. The Balaban J connectivity index is 1.46. The van der Waals surface area contributed by atoms with Gasteiger partial charge in [-0.25, -0.2) is 4.39 Å². The van der Waals surface area contributed by atoms with Gasteiger partial charge in [-0.15, -0.1) is 0 Å². The molecule has 1 aromatic rings. The fourth-order valence-corrected chi connectivity index (χ4v) is 3.05. The molecule has 1 amide bonds. The quantitative estimate of drug-likeness (QED) is 0.870. The summed E-state index contributed by atoms with van der Waals surface area (Å²) in [5.74, 6) is -0.395. The molecule has 1 heterocycles. The Kier molecular flexibility index (Phi) is 4.74. The van der Waals surface area contributed by atoms with Crippen molar-refractivity contribution in [3.05, 3.63) is 35.6 Å². The van der Waals surface area contributed by atoms with Gasteiger partial charge in [-0.1, -0.05) is 12.1 Å². The van der Waals surface area contributed by atoms with Gasteiger partial charge in [-0.05, 0) is 62.4 Å². The minimum absolute atomic E-state index is 0.0301. The highest BCUT2D eigenvalue weighted by Gasteiger charge is 2.32. The van der Waals surface area contributed by atoms with Crippen molar-refractivity contribution < 1.29 is 14.3 Å². The zero-order chi connectivity index (χ0) is 15.5. The number of hydrogen-bond acceptors (Lipinski definition) is 3. The lowest BCUT2D eigenvalue weighted by Gasteiger charge is -2.33. The normalized spacial score (nSPS) is 21.5. The van der Waals surface area contributed by atoms with E-state index in [1.807, 2.05) is 6.07 Å². The summed E-state index contributed by atoms with van der Waals surface area (Å²) in [5, 5.41) is 13.0. The van der Waals surface area contributed by atoms with Crippen molar-refractivity contribution in [2.45, 2.75) is 44.4 Å². The molecule has 0 bridgehead atoms. The lowest BCUT2D eigenvalue weighted by molar-refractivity contribution is -0.133. The summed E-state index contributed by atoms with van der Waals surface area (Å²) in [6, 6.07) is 6.95. The average Bonchev–Trinajstić information content (AvgIpc) is 3.31. The zero-order valence-corrected chi connectivity index (χ0v) is 12.7. The van der Waals surface area contributed by atoms with Gasteiger partial charge in [0.15, 0.2) is 0 Å². The standard InChI is InChI=1S/C17H23FN2O2/c18-14-3-1-2-12(10-14)11-20-8-6-13(7-9-20)16(21)17(22)19-15-4-5-15/h1-3,10,13,15-16,21H,4-9,11H2,(H,19,22)/t16-/m1/s1. The zero-order valence-electron chi connectivity index (χ0n) is 12.7. The van der Waals surface area contributed by atoms with Gasteiger partial charge < -0.3 is 10.4 Å². The first-order chi connectivity index (χ1) is 10.6. The number of aliphatic hydroxyl groups excluding tert-OH is 1. The lowest BCUT2D eigenvalue weighted by atomic mass is 9.90. The Morgan fingerprint density at radius 3 is 2.68 bits per heavy atom. The average molecular weight is 306 g/mol. The van der Waals surface area contributed by atoms with E-state index >= 15 is 0 Å². The molecule has 22 heavy (non-hydrogen) atoms. The number of piperidine rings is 1. The van der Waals surface area contributed by atoms with Crippen molar-refractivity contribution >= 4 is 5.91 Å². The van der Waals surface area contributed by atoms with Gasteiger partial charge in [0.1, 0.15) is 11.9 Å². The molecule has 1 saturated heterocycles. The Labute approximate surface area is 130 Å². The Morgan fingerprint density at radius 1 is 1.32 bits per heavy atom. The third kappa shape index (κ3) is 4.05. The van der Waals surface area contributed by atoms with Crippen molar-refractivity contribution in [1.29, 1.82) is 0 Å². The largest absolute Gasteiger partial charge is 0.383 e. The third-order valence-corrected chi connectivity index (χ3v) is 4.57. The molecular weight excluding hydrogens is 283 g/mol. The number of amides is 1. The van der Waals surface area contributed by atoms with Crippen molar-refractivity contribution in [3.63, 3.8) is 0 Å². The fourth-order valence-electron chi connectivity index (χ4n) is 3.05. The van der Waals surface area contributed by atoms with Gasteiger partial charge in [-0.3, -0.25) is 9.69 Å². The molecule has 1 saturated carbocycles. The number of likely N-dealkylation sites (tertiary alicyclic amines) is 1. The summed E-state index contributed by atoms with van der Waals surface area (Å²) in [6.07, 6.45) is 2.77. The van der Waals surface area contributed by atoms with Gasteiger partial charge in [0.05, 0.1) is 0 Å². The maximum absolute atomic E-state index is 13.2. The Morgan fingerprint density at radius 2 is 2.05 bits per heavy atom. The number of nitrogens with zero attached hydrogens (tertiary/aromatic N) is 1. The van der Waals surface area contributed by atoms with Crippen LogP contribution in [0.25, 0.3) is 0 Å². The van der Waals surface area contributed by atoms with Crippen LogP contribution in [0.1, 0.15) is 31.2 Å². The van der Waals surface area contributed by atoms with Crippen molar-refractivity contribution in [3.8, 4) is 0 Å². The number of nitrogens with one attached hydrogen (secondary N) is 1. The van der Waals surface area contributed by atoms with Crippen LogP contribution in [-0.4, -0.2) is 41.1 Å². The van der Waals surface area contributed by atoms with Crippen LogP contribution >= 0.6 is 0 Å². The highest BCUT2D eigenvalue weighted by atomic mass is 19.1. The molecule has 0 radical (unpaired) electrons. The maximum Gasteiger partial charge on any atom is 0.249 e. The second kappa shape index (κ2) is 6.75. The monoisotopic (exact) mass is 306 g/mol. The third-order valence-electron chi connectivity index (χ3n) is 4.57. The van der Waals surface area contributed by atoms with Crippen LogP contribution < -0.4 is 5.32 Å². The summed E-state index contributed by atoms with van der Waals surface area (Å²) in [5.41, 5.74) is 0.963. The number of carbonyl (C=O) groups excluding carboxylic acids is 1. The minimum atomic E-state index is -0.892. The highest BCUT2D eigenvalue weighted by Crippen LogP contribution is 2.24. The molecular formula is C17H23FN2O2. The molecule has 2 N–H and O–H groups in total. The molecule has 4 nitrogen and oxygen atoms in total. The molecule has 0 unspecified atom stereocenters. The van der Waals surface area contributed by atoms with Gasteiger partial charge in [-0.2, -0.15) is 0 Å². The molecule has 1 aromatic carbocycles. The summed E-state index contributed by atoms with van der Waals surface area (Å²) >= 11 is 0. The number of hydrogen-bond donors (Lipinski definition) is 2. The van der Waals surface area contributed by atoms with Gasteiger partial charge in [0, 0.05) is 12.6 Å². The van der Waals surface area contributed by atoms with E-state index in [-0.39, 0.29) is 23.7 Å². The van der Waals surface area contributed by atoms with Crippen LogP contribution in [0.4, 0.5) is 4.39 Å². The minimum Gasteiger partial charge on any atom is -0.383 e. The molecule has 0 aromatic heterocycles. The predicted molar refractivity (Wildman–Crippen MR) is 81.6 cm³/mol. The predicted octanol–water partition coefficient (Wildman–Crippen LogP) is 1.68. The topological polar surface area (TPSA) is 52.6 Å². The molecule has 1 aliphatic heterocycles. The van der Waals surface area contributed by atoms with Crippen LogP contribution in [-0.2, 0) is 11.3 Å². The van der Waals surface area contributed by atoms with E-state index in [9.17, 15) is 14.3 Å². The van der Waals surface area contributed by atoms with Crippen molar-refractivity contribution in [1.82, 2.24) is 10.2 Å². The van der Waals surface area contributed by atoms with Crippen LogP contribution in [0.15, 0.2) is 24.3 Å². The van der Waals surface area contributed by atoms with Crippen LogP contribution in [0.3, 0.4) is 0 Å². The van der Waals surface area contributed by atoms with E-state index < -0.39 is 6.10 Å². The van der Waals surface area contributed by atoms with E-state index in [4.69, 9.17) is 0 Å². The number of aliphatic hydroxyl groups is 1. The maximum atomic E-state index is 13.2. The molecule has 5 heteroatoms. The Hall–Kier alpha value is -1.46. The molecule has 1 atom stereocenters. The SMILES string of the molecule is O=C(NC1CC1)[C@H](O)C1CCN(Cc2cccc(F)c2)CC1. The van der Waals surface area contributed by atoms with E-state index in [2.05, 4.69) is 10.2 Å². The fraction of sp³-hybridized carbons (Fsp3) is 0.588. The highest BCUT2D eigenvalue weighted by molar-refractivity contribution is 5.81. The Bertz CT molecular complexity index is 525. The number of rotatable bonds is 5. The second-order valence-electron chi connectivity index (χ2n) is 6.47. The summed E-state index contributed by atoms with van der Waals surface area (Å²) in [7, 11) is 0. The molecule has 120 valence electrons. The number of halogens is 1. The molecule has 3 rings (SSSR count). The van der Waals surface area contributed by atoms with Crippen molar-refractivity contribution in [2.24, 2.45) is 5.92 Å². The van der Waals surface area contributed by atoms with E-state index in [1.165, 1.54) is 6.07 Å². The molecule has 2 aliphatic rings. The van der Waals surface area contributed by atoms with Crippen LogP contribution in [0.2, 0.25) is 0 Å². The van der Waals surface area contributed by atoms with Crippen molar-refractivity contribution in [2.75, 3.05) is 13.1 Å². The summed E-state index contributed by atoms with van der Waals surface area (Å²) in [4.78, 5) is 14.1. The van der Waals surface area contributed by atoms with E-state index in [1.54, 1.807) is 12.1 Å². The summed E-state index contributed by atoms with van der Waals surface area (Å²) < 4.78 is 13.2. The number of carbonyl (C=O) groups is 1. The first kappa shape index (κ1) is 15.4. The number of benzene rings is 1.